The van der Waals surface area contributed by atoms with E-state index in [1.54, 1.807) is 55.7 Å². The van der Waals surface area contributed by atoms with Crippen molar-refractivity contribution >= 4 is 22.6 Å². The van der Waals surface area contributed by atoms with Gasteiger partial charge in [0.1, 0.15) is 12.4 Å². The molecule has 0 fully saturated rings. The van der Waals surface area contributed by atoms with Crippen LogP contribution < -0.4 is 16.6 Å². The molecule has 4 rings (SSSR count). The molecule has 0 atom stereocenters. The summed E-state index contributed by atoms with van der Waals surface area (Å²) < 4.78 is 3.89. The van der Waals surface area contributed by atoms with Crippen molar-refractivity contribution in [1.29, 1.82) is 0 Å². The number of nitrogens with one attached hydrogen (secondary N) is 1. The lowest BCUT2D eigenvalue weighted by Crippen LogP contribution is -2.41. The minimum Gasteiger partial charge on any atom is -0.309 e. The lowest BCUT2D eigenvalue weighted by atomic mass is 9.92. The maximum absolute atomic E-state index is 13.1. The first kappa shape index (κ1) is 22.1. The Balaban J connectivity index is 1.74. The molecule has 3 aromatic heterocycles. The number of hydrogen-bond acceptors (Lipinski definition) is 6. The summed E-state index contributed by atoms with van der Waals surface area (Å²) in [5.41, 5.74) is -0.0333. The van der Waals surface area contributed by atoms with Crippen molar-refractivity contribution in [2.75, 3.05) is 5.32 Å². The van der Waals surface area contributed by atoms with E-state index in [9.17, 15) is 14.4 Å². The van der Waals surface area contributed by atoms with E-state index < -0.39 is 11.6 Å². The highest BCUT2D eigenvalue weighted by Crippen LogP contribution is 2.25. The van der Waals surface area contributed by atoms with Gasteiger partial charge in [0.25, 0.3) is 11.5 Å². The predicted octanol–water partition coefficient (Wildman–Crippen LogP) is 2.09. The van der Waals surface area contributed by atoms with E-state index in [-0.39, 0.29) is 24.1 Å². The summed E-state index contributed by atoms with van der Waals surface area (Å²) >= 11 is 0. The average molecular weight is 447 g/mol. The van der Waals surface area contributed by atoms with Crippen LogP contribution in [0.5, 0.6) is 0 Å². The molecule has 0 saturated carbocycles. The molecule has 4 aromatic rings. The molecule has 0 saturated heterocycles. The van der Waals surface area contributed by atoms with E-state index in [4.69, 9.17) is 0 Å². The van der Waals surface area contributed by atoms with E-state index in [0.29, 0.717) is 22.7 Å². The standard InChI is InChI=1S/C23H25N7O3/c1-5-28-20(32)15-9-6-7-10-16(15)29(22(28)33)14-19(31)26-18-13-17(23(2,3)4)27-30(18)21-24-11-8-12-25-21/h6-13H,5,14H2,1-4H3,(H,26,31). The molecule has 0 spiro atoms. The van der Waals surface area contributed by atoms with Crippen LogP contribution in [-0.2, 0) is 23.3 Å². The largest absolute Gasteiger partial charge is 0.331 e. The van der Waals surface area contributed by atoms with Crippen LogP contribution in [0.15, 0.2) is 58.4 Å². The quantitative estimate of drug-likeness (QED) is 0.501. The van der Waals surface area contributed by atoms with E-state index >= 15 is 0 Å². The zero-order chi connectivity index (χ0) is 23.8. The third-order valence-corrected chi connectivity index (χ3v) is 5.24. The van der Waals surface area contributed by atoms with Gasteiger partial charge in [-0.05, 0) is 25.1 Å². The normalized spacial score (nSPS) is 11.6. The first-order valence-corrected chi connectivity index (χ1v) is 10.6. The number of fused-ring (bicyclic) bond motifs is 1. The predicted molar refractivity (Wildman–Crippen MR) is 125 cm³/mol. The van der Waals surface area contributed by atoms with Crippen LogP contribution in [0.4, 0.5) is 5.82 Å². The number of nitrogens with zero attached hydrogens (tertiary/aromatic N) is 6. The molecule has 0 aliphatic rings. The maximum Gasteiger partial charge on any atom is 0.331 e. The Hall–Kier alpha value is -4.08. The molecule has 170 valence electrons. The lowest BCUT2D eigenvalue weighted by molar-refractivity contribution is -0.116. The number of aromatic nitrogens is 6. The summed E-state index contributed by atoms with van der Waals surface area (Å²) in [6.45, 7) is 7.68. The van der Waals surface area contributed by atoms with Crippen LogP contribution in [0.3, 0.4) is 0 Å². The fraction of sp³-hybridized carbons (Fsp3) is 0.304. The van der Waals surface area contributed by atoms with Crippen LogP contribution in [0, 0.1) is 0 Å². The SMILES string of the molecule is CCn1c(=O)c2ccccc2n(CC(=O)Nc2cc(C(C)(C)C)nn2-c2ncccn2)c1=O. The highest BCUT2D eigenvalue weighted by molar-refractivity contribution is 5.91. The number of hydrogen-bond donors (Lipinski definition) is 1. The van der Waals surface area contributed by atoms with Gasteiger partial charge >= 0.3 is 5.69 Å². The third kappa shape index (κ3) is 4.19. The molecule has 10 heteroatoms. The third-order valence-electron chi connectivity index (χ3n) is 5.24. The van der Waals surface area contributed by atoms with Crippen molar-refractivity contribution in [3.63, 3.8) is 0 Å². The first-order valence-electron chi connectivity index (χ1n) is 10.6. The number of amides is 1. The molecule has 1 amide bonds. The van der Waals surface area contributed by atoms with Gasteiger partial charge in [0.05, 0.1) is 16.6 Å². The van der Waals surface area contributed by atoms with Crippen molar-refractivity contribution in [3.8, 4) is 5.95 Å². The van der Waals surface area contributed by atoms with Gasteiger partial charge in [0.2, 0.25) is 5.91 Å². The summed E-state index contributed by atoms with van der Waals surface area (Å²) in [6.07, 6.45) is 3.18. The number of carbonyl (C=O) groups excluding carboxylic acids is 1. The second-order valence-electron chi connectivity index (χ2n) is 8.61. The Bertz CT molecular complexity index is 1440. The monoisotopic (exact) mass is 447 g/mol. The second kappa shape index (κ2) is 8.45. The molecule has 0 unspecified atom stereocenters. The molecule has 10 nitrogen and oxygen atoms in total. The molecule has 33 heavy (non-hydrogen) atoms. The summed E-state index contributed by atoms with van der Waals surface area (Å²) in [6, 6.07) is 10.2. The summed E-state index contributed by atoms with van der Waals surface area (Å²) in [5.74, 6) is 0.254. The minimum absolute atomic E-state index is 0.206. The molecular formula is C23H25N7O3. The fourth-order valence-electron chi connectivity index (χ4n) is 3.52. The van der Waals surface area contributed by atoms with Gasteiger partial charge in [-0.3, -0.25) is 18.7 Å². The highest BCUT2D eigenvalue weighted by Gasteiger charge is 2.23. The molecule has 1 aromatic carbocycles. The summed E-state index contributed by atoms with van der Waals surface area (Å²) in [7, 11) is 0. The van der Waals surface area contributed by atoms with Crippen LogP contribution in [-0.4, -0.2) is 34.8 Å². The Morgan fingerprint density at radius 1 is 1.03 bits per heavy atom. The van der Waals surface area contributed by atoms with Crippen LogP contribution in [0.25, 0.3) is 16.9 Å². The van der Waals surface area contributed by atoms with Crippen LogP contribution >= 0.6 is 0 Å². The number of carbonyl (C=O) groups is 1. The topological polar surface area (TPSA) is 117 Å². The van der Waals surface area contributed by atoms with Crippen molar-refractivity contribution in [2.24, 2.45) is 0 Å². The zero-order valence-corrected chi connectivity index (χ0v) is 18.9. The van der Waals surface area contributed by atoms with Gasteiger partial charge in [-0.15, -0.1) is 0 Å². The molecule has 0 bridgehead atoms. The van der Waals surface area contributed by atoms with Gasteiger partial charge in [0, 0.05) is 30.4 Å². The number of anilines is 1. The molecule has 0 aliphatic carbocycles. The van der Waals surface area contributed by atoms with Crippen LogP contribution in [0.1, 0.15) is 33.4 Å². The van der Waals surface area contributed by atoms with Crippen molar-refractivity contribution < 1.29 is 4.79 Å². The van der Waals surface area contributed by atoms with Gasteiger partial charge in [-0.25, -0.2) is 14.8 Å². The molecule has 0 radical (unpaired) electrons. The summed E-state index contributed by atoms with van der Waals surface area (Å²) in [4.78, 5) is 47.1. The highest BCUT2D eigenvalue weighted by atomic mass is 16.2. The Morgan fingerprint density at radius 3 is 2.39 bits per heavy atom. The summed E-state index contributed by atoms with van der Waals surface area (Å²) in [5, 5.41) is 7.79. The first-order chi connectivity index (χ1) is 15.7. The molecular weight excluding hydrogens is 422 g/mol. The van der Waals surface area contributed by atoms with Gasteiger partial charge in [0.15, 0.2) is 0 Å². The van der Waals surface area contributed by atoms with Crippen molar-refractivity contribution in [1.82, 2.24) is 28.9 Å². The Morgan fingerprint density at radius 2 is 1.73 bits per heavy atom. The molecule has 1 N–H and O–H groups in total. The smallest absolute Gasteiger partial charge is 0.309 e. The van der Waals surface area contributed by atoms with Crippen LogP contribution in [0.2, 0.25) is 0 Å². The van der Waals surface area contributed by atoms with Gasteiger partial charge in [-0.1, -0.05) is 32.9 Å². The van der Waals surface area contributed by atoms with Gasteiger partial charge in [-0.2, -0.15) is 9.78 Å². The second-order valence-corrected chi connectivity index (χ2v) is 8.61. The lowest BCUT2D eigenvalue weighted by Gasteiger charge is -2.13. The Labute approximate surface area is 189 Å². The number of rotatable bonds is 5. The Kier molecular flexibility index (Phi) is 5.67. The van der Waals surface area contributed by atoms with Gasteiger partial charge < -0.3 is 5.32 Å². The fourth-order valence-corrected chi connectivity index (χ4v) is 3.52. The minimum atomic E-state index is -0.536. The number of para-hydroxylation sites is 1. The average Bonchev–Trinajstić information content (AvgIpc) is 3.22. The van der Waals surface area contributed by atoms with E-state index in [2.05, 4.69) is 20.4 Å². The van der Waals surface area contributed by atoms with E-state index in [0.717, 1.165) is 10.3 Å². The maximum atomic E-state index is 13.1. The molecule has 3 heterocycles. The van der Waals surface area contributed by atoms with E-state index in [1.807, 2.05) is 20.8 Å². The molecule has 0 aliphatic heterocycles. The number of benzene rings is 1. The van der Waals surface area contributed by atoms with Crippen molar-refractivity contribution in [2.45, 2.75) is 46.2 Å². The van der Waals surface area contributed by atoms with E-state index in [1.165, 1.54) is 9.25 Å². The zero-order valence-electron chi connectivity index (χ0n) is 18.9. The van der Waals surface area contributed by atoms with Crippen molar-refractivity contribution in [3.05, 3.63) is 75.3 Å².